The molecule has 0 spiro atoms. The Hall–Kier alpha value is -3.28. The van der Waals surface area contributed by atoms with E-state index in [0.717, 1.165) is 11.1 Å². The summed E-state index contributed by atoms with van der Waals surface area (Å²) in [5, 5.41) is 9.27. The fraction of sp³-hybridized carbons (Fsp3) is 0.238. The molecule has 1 atom stereocenters. The zero-order chi connectivity index (χ0) is 19.7. The largest absolute Gasteiger partial charge is 0.479 e. The lowest BCUT2D eigenvalue weighted by molar-refractivity contribution is -0.144. The van der Waals surface area contributed by atoms with Gasteiger partial charge in [0.2, 0.25) is 11.2 Å². The highest BCUT2D eigenvalue weighted by molar-refractivity contribution is 5.80. The molecule has 0 fully saturated rings. The van der Waals surface area contributed by atoms with Crippen LogP contribution in [0.15, 0.2) is 45.6 Å². The van der Waals surface area contributed by atoms with Crippen molar-refractivity contribution in [2.45, 2.75) is 33.8 Å². The molecule has 1 N–H and O–H groups in total. The van der Waals surface area contributed by atoms with Crippen LogP contribution in [0, 0.1) is 20.8 Å². The van der Waals surface area contributed by atoms with Crippen molar-refractivity contribution in [2.75, 3.05) is 0 Å². The normalized spacial score (nSPS) is 12.0. The molecule has 0 aliphatic heterocycles. The average molecular weight is 368 g/mol. The Labute approximate surface area is 156 Å². The van der Waals surface area contributed by atoms with E-state index in [1.165, 1.54) is 19.1 Å². The smallest absolute Gasteiger partial charge is 0.344 e. The van der Waals surface area contributed by atoms with Crippen LogP contribution in [0.3, 0.4) is 0 Å². The first-order valence-electron chi connectivity index (χ1n) is 8.47. The second-order valence-corrected chi connectivity index (χ2v) is 6.50. The van der Waals surface area contributed by atoms with Crippen LogP contribution in [-0.4, -0.2) is 17.2 Å². The van der Waals surface area contributed by atoms with E-state index in [9.17, 15) is 9.59 Å². The Morgan fingerprint density at radius 1 is 1.04 bits per heavy atom. The Bertz CT molecular complexity index is 1060. The van der Waals surface area contributed by atoms with E-state index in [0.29, 0.717) is 28.2 Å². The van der Waals surface area contributed by atoms with Crippen LogP contribution in [0.1, 0.15) is 23.8 Å². The quantitative estimate of drug-likeness (QED) is 0.720. The van der Waals surface area contributed by atoms with Gasteiger partial charge in [0.25, 0.3) is 0 Å². The van der Waals surface area contributed by atoms with Crippen LogP contribution in [-0.2, 0) is 4.79 Å². The number of carboxylic acids is 1. The predicted molar refractivity (Wildman–Crippen MR) is 101 cm³/mol. The molecule has 0 saturated heterocycles. The van der Waals surface area contributed by atoms with Crippen LogP contribution in [0.4, 0.5) is 0 Å². The number of carbonyl (C=O) groups is 1. The fourth-order valence-corrected chi connectivity index (χ4v) is 2.82. The Morgan fingerprint density at radius 2 is 1.70 bits per heavy atom. The monoisotopic (exact) mass is 368 g/mol. The molecule has 0 radical (unpaired) electrons. The van der Waals surface area contributed by atoms with E-state index < -0.39 is 12.1 Å². The lowest BCUT2D eigenvalue weighted by atomic mass is 10.1. The molecule has 0 amide bonds. The van der Waals surface area contributed by atoms with Gasteiger partial charge < -0.3 is 19.0 Å². The third kappa shape index (κ3) is 3.95. The number of aryl methyl sites for hydroxylation is 3. The second-order valence-electron chi connectivity index (χ2n) is 6.50. The number of rotatable bonds is 5. The van der Waals surface area contributed by atoms with E-state index >= 15 is 0 Å². The minimum atomic E-state index is -1.08. The van der Waals surface area contributed by atoms with Gasteiger partial charge in [0.1, 0.15) is 22.8 Å². The third-order valence-electron chi connectivity index (χ3n) is 4.06. The molecule has 0 aliphatic carbocycles. The Balaban J connectivity index is 2.01. The molecule has 3 aromatic rings. The highest BCUT2D eigenvalue weighted by atomic mass is 16.5. The number of aliphatic carboxylic acids is 1. The van der Waals surface area contributed by atoms with Crippen LogP contribution < -0.4 is 14.9 Å². The van der Waals surface area contributed by atoms with Crippen molar-refractivity contribution >= 4 is 16.9 Å². The number of ether oxygens (including phenoxy) is 2. The Kier molecular flexibility index (Phi) is 4.90. The van der Waals surface area contributed by atoms with Crippen molar-refractivity contribution in [1.82, 2.24) is 0 Å². The highest BCUT2D eigenvalue weighted by Crippen LogP contribution is 2.28. The number of benzene rings is 2. The SMILES string of the molecule is Cc1cc(C)cc(Oc2c(C)oc3cc(OC(C)C(=O)O)ccc3c2=O)c1. The van der Waals surface area contributed by atoms with Crippen LogP contribution >= 0.6 is 0 Å². The first kappa shape index (κ1) is 18.5. The number of fused-ring (bicyclic) bond motifs is 1. The summed E-state index contributed by atoms with van der Waals surface area (Å²) in [6, 6.07) is 10.3. The minimum absolute atomic E-state index is 0.125. The maximum Gasteiger partial charge on any atom is 0.344 e. The molecule has 0 bridgehead atoms. The van der Waals surface area contributed by atoms with Gasteiger partial charge in [0.15, 0.2) is 6.10 Å². The first-order chi connectivity index (χ1) is 12.7. The summed E-state index contributed by atoms with van der Waals surface area (Å²) in [5.41, 5.74) is 2.07. The molecule has 1 aromatic heterocycles. The summed E-state index contributed by atoms with van der Waals surface area (Å²) in [7, 11) is 0. The van der Waals surface area contributed by atoms with Crippen molar-refractivity contribution in [3.8, 4) is 17.2 Å². The standard InChI is InChI=1S/C21H20O6/c1-11-7-12(2)9-16(8-11)27-20-13(3)26-18-10-15(25-14(4)21(23)24)5-6-17(18)19(20)22/h5-10,14H,1-4H3,(H,23,24). The van der Waals surface area contributed by atoms with E-state index in [1.54, 1.807) is 13.0 Å². The second kappa shape index (κ2) is 7.15. The van der Waals surface area contributed by atoms with Crippen molar-refractivity contribution in [3.05, 3.63) is 63.5 Å². The van der Waals surface area contributed by atoms with Crippen molar-refractivity contribution in [3.63, 3.8) is 0 Å². The van der Waals surface area contributed by atoms with Crippen LogP contribution in [0.25, 0.3) is 11.0 Å². The molecular formula is C21H20O6. The molecule has 0 aliphatic rings. The van der Waals surface area contributed by atoms with E-state index in [4.69, 9.17) is 19.0 Å². The van der Waals surface area contributed by atoms with Crippen LogP contribution in [0.2, 0.25) is 0 Å². The lowest BCUT2D eigenvalue weighted by Crippen LogP contribution is -2.22. The molecule has 1 heterocycles. The maximum atomic E-state index is 12.8. The topological polar surface area (TPSA) is 86.0 Å². The molecule has 1 unspecified atom stereocenters. The molecule has 27 heavy (non-hydrogen) atoms. The number of hydrogen-bond donors (Lipinski definition) is 1. The van der Waals surface area contributed by atoms with Gasteiger partial charge in [-0.2, -0.15) is 0 Å². The van der Waals surface area contributed by atoms with Gasteiger partial charge in [-0.1, -0.05) is 6.07 Å². The molecule has 0 saturated carbocycles. The summed E-state index contributed by atoms with van der Waals surface area (Å²) >= 11 is 0. The summed E-state index contributed by atoms with van der Waals surface area (Å²) in [4.78, 5) is 23.8. The summed E-state index contributed by atoms with van der Waals surface area (Å²) < 4.78 is 16.9. The summed E-state index contributed by atoms with van der Waals surface area (Å²) in [6.45, 7) is 6.98. The Morgan fingerprint density at radius 3 is 2.33 bits per heavy atom. The number of hydrogen-bond acceptors (Lipinski definition) is 5. The van der Waals surface area contributed by atoms with Gasteiger partial charge in [-0.15, -0.1) is 0 Å². The number of carboxylic acid groups (broad SMARTS) is 1. The highest BCUT2D eigenvalue weighted by Gasteiger charge is 2.17. The maximum absolute atomic E-state index is 12.8. The molecule has 6 heteroatoms. The fourth-order valence-electron chi connectivity index (χ4n) is 2.82. The van der Waals surface area contributed by atoms with E-state index in [-0.39, 0.29) is 11.2 Å². The lowest BCUT2D eigenvalue weighted by Gasteiger charge is -2.12. The van der Waals surface area contributed by atoms with E-state index in [1.807, 2.05) is 32.0 Å². The van der Waals surface area contributed by atoms with Gasteiger partial charge in [-0.25, -0.2) is 4.79 Å². The van der Waals surface area contributed by atoms with Gasteiger partial charge in [-0.05, 0) is 63.1 Å². The molecule has 6 nitrogen and oxygen atoms in total. The van der Waals surface area contributed by atoms with Gasteiger partial charge in [0.05, 0.1) is 5.39 Å². The first-order valence-corrected chi connectivity index (χ1v) is 8.47. The van der Waals surface area contributed by atoms with Gasteiger partial charge in [-0.3, -0.25) is 4.79 Å². The van der Waals surface area contributed by atoms with Gasteiger partial charge >= 0.3 is 5.97 Å². The zero-order valence-corrected chi connectivity index (χ0v) is 15.5. The van der Waals surface area contributed by atoms with Crippen molar-refractivity contribution < 1.29 is 23.8 Å². The predicted octanol–water partition coefficient (Wildman–Crippen LogP) is 4.36. The molecule has 2 aromatic carbocycles. The third-order valence-corrected chi connectivity index (χ3v) is 4.06. The zero-order valence-electron chi connectivity index (χ0n) is 15.5. The van der Waals surface area contributed by atoms with Crippen LogP contribution in [0.5, 0.6) is 17.2 Å². The molecular weight excluding hydrogens is 348 g/mol. The molecule has 3 rings (SSSR count). The molecule has 140 valence electrons. The summed E-state index contributed by atoms with van der Waals surface area (Å²) in [6.07, 6.45) is -1.01. The van der Waals surface area contributed by atoms with E-state index in [2.05, 4.69) is 0 Å². The summed E-state index contributed by atoms with van der Waals surface area (Å²) in [5.74, 6) is 0.250. The average Bonchev–Trinajstić information content (AvgIpc) is 2.57. The van der Waals surface area contributed by atoms with Gasteiger partial charge in [0, 0.05) is 6.07 Å². The minimum Gasteiger partial charge on any atom is -0.479 e. The van der Waals surface area contributed by atoms with Crippen molar-refractivity contribution in [1.29, 1.82) is 0 Å². The van der Waals surface area contributed by atoms with Crippen molar-refractivity contribution in [2.24, 2.45) is 0 Å².